The minimum atomic E-state index is -0.508. The lowest BCUT2D eigenvalue weighted by Crippen LogP contribution is -2.33. The molecule has 0 bridgehead atoms. The summed E-state index contributed by atoms with van der Waals surface area (Å²) in [6.45, 7) is 2.93. The minimum absolute atomic E-state index is 0.0806. The van der Waals surface area contributed by atoms with Crippen LogP contribution in [0.15, 0.2) is 36.7 Å². The van der Waals surface area contributed by atoms with E-state index in [0.29, 0.717) is 36.2 Å². The Morgan fingerprint density at radius 3 is 2.80 bits per heavy atom. The number of likely N-dealkylation sites (tertiary alicyclic amines) is 1. The molecule has 1 aliphatic heterocycles. The van der Waals surface area contributed by atoms with Gasteiger partial charge >= 0.3 is 5.97 Å². The van der Waals surface area contributed by atoms with E-state index in [9.17, 15) is 14.0 Å². The molecular formula is C21H22FN5O3. The average Bonchev–Trinajstić information content (AvgIpc) is 3.28. The molecule has 8 nitrogen and oxygen atoms in total. The molecule has 1 N–H and O–H groups in total. The van der Waals surface area contributed by atoms with E-state index in [1.807, 2.05) is 0 Å². The zero-order valence-electron chi connectivity index (χ0n) is 16.8. The van der Waals surface area contributed by atoms with Crippen LogP contribution in [0, 0.1) is 5.82 Å². The first-order chi connectivity index (χ1) is 14.5. The lowest BCUT2D eigenvalue weighted by atomic mass is 10.1. The highest BCUT2D eigenvalue weighted by Crippen LogP contribution is 2.29. The van der Waals surface area contributed by atoms with E-state index >= 15 is 0 Å². The number of carbonyl (C=O) groups excluding carboxylic acids is 2. The summed E-state index contributed by atoms with van der Waals surface area (Å²) >= 11 is 0. The smallest absolute Gasteiger partial charge is 0.341 e. The van der Waals surface area contributed by atoms with Crippen molar-refractivity contribution >= 4 is 28.6 Å². The van der Waals surface area contributed by atoms with Crippen LogP contribution in [0.25, 0.3) is 11.0 Å². The zero-order chi connectivity index (χ0) is 21.3. The third kappa shape index (κ3) is 3.70. The Hall–Kier alpha value is -3.49. The van der Waals surface area contributed by atoms with Crippen LogP contribution in [-0.2, 0) is 23.1 Å². The van der Waals surface area contributed by atoms with Crippen LogP contribution in [0.3, 0.4) is 0 Å². The summed E-state index contributed by atoms with van der Waals surface area (Å²) in [5, 5.41) is 8.09. The van der Waals surface area contributed by atoms with E-state index in [-0.39, 0.29) is 23.9 Å². The van der Waals surface area contributed by atoms with Crippen LogP contribution in [0.1, 0.15) is 29.3 Å². The number of hydrogen-bond acceptors (Lipinski definition) is 6. The Morgan fingerprint density at radius 2 is 2.07 bits per heavy atom. The molecule has 3 heterocycles. The summed E-state index contributed by atoms with van der Waals surface area (Å²) < 4.78 is 19.9. The second-order valence-electron chi connectivity index (χ2n) is 7.14. The van der Waals surface area contributed by atoms with Gasteiger partial charge in [-0.15, -0.1) is 0 Å². The average molecular weight is 411 g/mol. The summed E-state index contributed by atoms with van der Waals surface area (Å²) in [6.07, 6.45) is 3.63. The second kappa shape index (κ2) is 8.10. The topological polar surface area (TPSA) is 89.3 Å². The molecule has 1 atom stereocenters. The molecule has 1 aliphatic rings. The number of pyridine rings is 1. The summed E-state index contributed by atoms with van der Waals surface area (Å²) in [4.78, 5) is 31.4. The summed E-state index contributed by atoms with van der Waals surface area (Å²) in [6, 6.07) is 5.61. The quantitative estimate of drug-likeness (QED) is 0.627. The number of ether oxygens (including phenoxy) is 1. The van der Waals surface area contributed by atoms with E-state index in [4.69, 9.17) is 4.74 Å². The molecule has 0 aliphatic carbocycles. The number of fused-ring (bicyclic) bond motifs is 1. The number of halogens is 1. The van der Waals surface area contributed by atoms with E-state index in [1.165, 1.54) is 18.3 Å². The number of aromatic nitrogens is 3. The fourth-order valence-electron chi connectivity index (χ4n) is 3.63. The fraction of sp³-hybridized carbons (Fsp3) is 0.333. The summed E-state index contributed by atoms with van der Waals surface area (Å²) in [7, 11) is 1.76. The maximum Gasteiger partial charge on any atom is 0.341 e. The summed E-state index contributed by atoms with van der Waals surface area (Å²) in [5.74, 6) is -0.898. The van der Waals surface area contributed by atoms with E-state index in [2.05, 4.69) is 15.4 Å². The van der Waals surface area contributed by atoms with Crippen LogP contribution in [0.5, 0.6) is 0 Å². The maximum absolute atomic E-state index is 13.1. The Kier molecular flexibility index (Phi) is 5.35. The number of nitrogens with zero attached hydrogens (tertiary/aromatic N) is 4. The van der Waals surface area contributed by atoms with Gasteiger partial charge in [0.25, 0.3) is 0 Å². The van der Waals surface area contributed by atoms with Gasteiger partial charge in [-0.05, 0) is 31.0 Å². The number of benzene rings is 1. The first-order valence-electron chi connectivity index (χ1n) is 9.75. The van der Waals surface area contributed by atoms with Gasteiger partial charge in [-0.25, -0.2) is 14.2 Å². The third-order valence-corrected chi connectivity index (χ3v) is 5.16. The van der Waals surface area contributed by atoms with Crippen molar-refractivity contribution in [1.82, 2.24) is 19.7 Å². The van der Waals surface area contributed by atoms with Crippen LogP contribution in [0.2, 0.25) is 0 Å². The van der Waals surface area contributed by atoms with Crippen molar-refractivity contribution in [1.29, 1.82) is 0 Å². The third-order valence-electron chi connectivity index (χ3n) is 5.16. The van der Waals surface area contributed by atoms with Gasteiger partial charge in [0.2, 0.25) is 5.91 Å². The lowest BCUT2D eigenvalue weighted by Gasteiger charge is -2.19. The molecule has 1 unspecified atom stereocenters. The van der Waals surface area contributed by atoms with Gasteiger partial charge in [0, 0.05) is 26.3 Å². The largest absolute Gasteiger partial charge is 0.462 e. The molecule has 30 heavy (non-hydrogen) atoms. The Morgan fingerprint density at radius 1 is 1.30 bits per heavy atom. The molecule has 2 aromatic heterocycles. The van der Waals surface area contributed by atoms with Crippen LogP contribution >= 0.6 is 0 Å². The molecule has 9 heteroatoms. The first kappa shape index (κ1) is 19.8. The van der Waals surface area contributed by atoms with Crippen LogP contribution in [-0.4, -0.2) is 50.7 Å². The molecule has 0 spiro atoms. The number of esters is 1. The van der Waals surface area contributed by atoms with E-state index < -0.39 is 12.0 Å². The van der Waals surface area contributed by atoms with Crippen molar-refractivity contribution in [2.24, 2.45) is 7.05 Å². The number of hydrogen-bond donors (Lipinski definition) is 1. The molecular weight excluding hydrogens is 389 g/mol. The number of amides is 1. The molecule has 0 saturated carbocycles. The van der Waals surface area contributed by atoms with Gasteiger partial charge in [0.15, 0.2) is 5.65 Å². The Labute approximate surface area is 172 Å². The van der Waals surface area contributed by atoms with Crippen molar-refractivity contribution < 1.29 is 18.7 Å². The van der Waals surface area contributed by atoms with Crippen LogP contribution in [0.4, 0.5) is 10.1 Å². The van der Waals surface area contributed by atoms with Gasteiger partial charge in [-0.2, -0.15) is 5.10 Å². The molecule has 1 amide bonds. The van der Waals surface area contributed by atoms with Gasteiger partial charge in [0.1, 0.15) is 17.4 Å². The molecule has 4 rings (SSSR count). The van der Waals surface area contributed by atoms with Gasteiger partial charge in [0.05, 0.1) is 23.9 Å². The molecule has 0 radical (unpaired) electrons. The van der Waals surface area contributed by atoms with Crippen molar-refractivity contribution in [3.63, 3.8) is 0 Å². The normalized spacial score (nSPS) is 16.3. The lowest BCUT2D eigenvalue weighted by molar-refractivity contribution is -0.128. The van der Waals surface area contributed by atoms with E-state index in [0.717, 1.165) is 5.56 Å². The molecule has 1 fully saturated rings. The second-order valence-corrected chi connectivity index (χ2v) is 7.14. The Balaban J connectivity index is 1.59. The Bertz CT molecular complexity index is 1100. The minimum Gasteiger partial charge on any atom is -0.462 e. The number of carbonyl (C=O) groups is 2. The van der Waals surface area contributed by atoms with Crippen molar-refractivity contribution in [3.8, 4) is 0 Å². The predicted molar refractivity (Wildman–Crippen MR) is 108 cm³/mol. The number of anilines is 1. The SMILES string of the molecule is CCOC(=O)c1cnc2c(cnn2C)c1NC1CCN(Cc2ccc(F)cc2)C1=O. The predicted octanol–water partition coefficient (Wildman–Crippen LogP) is 2.50. The number of nitrogens with one attached hydrogen (secondary N) is 1. The van der Waals surface area contributed by atoms with Gasteiger partial charge in [-0.3, -0.25) is 9.48 Å². The highest BCUT2D eigenvalue weighted by Gasteiger charge is 2.33. The monoisotopic (exact) mass is 411 g/mol. The van der Waals surface area contributed by atoms with Crippen molar-refractivity contribution in [2.45, 2.75) is 25.9 Å². The molecule has 3 aromatic rings. The first-order valence-corrected chi connectivity index (χ1v) is 9.75. The number of aryl methyl sites for hydroxylation is 1. The zero-order valence-corrected chi connectivity index (χ0v) is 16.8. The fourth-order valence-corrected chi connectivity index (χ4v) is 3.63. The molecule has 156 valence electrons. The van der Waals surface area contributed by atoms with Gasteiger partial charge in [-0.1, -0.05) is 12.1 Å². The van der Waals surface area contributed by atoms with Crippen molar-refractivity contribution in [3.05, 3.63) is 53.6 Å². The standard InChI is InChI=1S/C21H22FN5O3/c1-3-30-21(29)16-10-23-19-15(11-24-26(19)2)18(16)25-17-8-9-27(20(17)28)12-13-4-6-14(22)7-5-13/h4-7,10-11,17H,3,8-9,12H2,1-2H3,(H,23,25). The van der Waals surface area contributed by atoms with Crippen LogP contribution < -0.4 is 5.32 Å². The van der Waals surface area contributed by atoms with Gasteiger partial charge < -0.3 is 15.0 Å². The highest BCUT2D eigenvalue weighted by atomic mass is 19.1. The highest BCUT2D eigenvalue weighted by molar-refractivity contribution is 6.05. The maximum atomic E-state index is 13.1. The number of rotatable bonds is 6. The van der Waals surface area contributed by atoms with Crippen molar-refractivity contribution in [2.75, 3.05) is 18.5 Å². The molecule has 1 aromatic carbocycles. The summed E-state index contributed by atoms with van der Waals surface area (Å²) in [5.41, 5.74) is 2.21. The van der Waals surface area contributed by atoms with E-state index in [1.54, 1.807) is 41.9 Å². The molecule has 1 saturated heterocycles.